The van der Waals surface area contributed by atoms with Gasteiger partial charge in [-0.05, 0) is 45.2 Å². The molecule has 2 saturated heterocycles. The summed E-state index contributed by atoms with van der Waals surface area (Å²) in [7, 11) is 0. The van der Waals surface area contributed by atoms with E-state index < -0.39 is 0 Å². The first-order valence-corrected chi connectivity index (χ1v) is 8.45. The van der Waals surface area contributed by atoms with Gasteiger partial charge in [-0.25, -0.2) is 0 Å². The van der Waals surface area contributed by atoms with Gasteiger partial charge in [-0.3, -0.25) is 9.80 Å². The molecule has 3 heteroatoms. The maximum Gasteiger partial charge on any atom is 0.0332 e. The van der Waals surface area contributed by atoms with E-state index in [4.69, 9.17) is 5.73 Å². The molecule has 0 aliphatic carbocycles. The summed E-state index contributed by atoms with van der Waals surface area (Å²) in [5.74, 6) is 0. The molecule has 2 rings (SSSR count). The summed E-state index contributed by atoms with van der Waals surface area (Å²) in [5, 5.41) is 0. The molecule has 3 nitrogen and oxygen atoms in total. The molecule has 19 heavy (non-hydrogen) atoms. The van der Waals surface area contributed by atoms with Crippen molar-refractivity contribution in [1.82, 2.24) is 9.80 Å². The van der Waals surface area contributed by atoms with Crippen LogP contribution < -0.4 is 5.73 Å². The van der Waals surface area contributed by atoms with Crippen LogP contribution in [-0.2, 0) is 0 Å². The van der Waals surface area contributed by atoms with E-state index in [0.717, 1.165) is 12.6 Å². The molecule has 0 amide bonds. The summed E-state index contributed by atoms with van der Waals surface area (Å²) in [6, 6.07) is 0.808. The minimum Gasteiger partial charge on any atom is -0.329 e. The predicted octanol–water partition coefficient (Wildman–Crippen LogP) is 2.45. The molecule has 2 aliphatic rings. The van der Waals surface area contributed by atoms with Crippen LogP contribution in [0.1, 0.15) is 58.8 Å². The summed E-state index contributed by atoms with van der Waals surface area (Å²) >= 11 is 0. The molecule has 0 saturated carbocycles. The van der Waals surface area contributed by atoms with Crippen LogP contribution >= 0.6 is 0 Å². The van der Waals surface area contributed by atoms with Crippen LogP contribution in [0.25, 0.3) is 0 Å². The van der Waals surface area contributed by atoms with Gasteiger partial charge in [0.25, 0.3) is 0 Å². The Kier molecular flexibility index (Phi) is 5.67. The second-order valence-corrected chi connectivity index (χ2v) is 6.56. The van der Waals surface area contributed by atoms with Gasteiger partial charge in [0, 0.05) is 31.2 Å². The molecule has 0 spiro atoms. The fourth-order valence-electron chi connectivity index (χ4n) is 4.34. The average Bonchev–Trinajstić information content (AvgIpc) is 2.75. The standard InChI is InChI=1S/C16H33N3/c1-3-8-16(14-17,9-4-2)19-12-6-11-18-10-5-7-15(18)13-19/h15H,3-14,17H2,1-2H3. The average molecular weight is 267 g/mol. The molecule has 1 atom stereocenters. The minimum atomic E-state index is 0.280. The topological polar surface area (TPSA) is 32.5 Å². The molecule has 0 bridgehead atoms. The third kappa shape index (κ3) is 3.32. The van der Waals surface area contributed by atoms with Gasteiger partial charge in [0.15, 0.2) is 0 Å². The van der Waals surface area contributed by atoms with Crippen molar-refractivity contribution in [3.8, 4) is 0 Å². The van der Waals surface area contributed by atoms with E-state index in [1.165, 1.54) is 71.1 Å². The summed E-state index contributed by atoms with van der Waals surface area (Å²) < 4.78 is 0. The number of rotatable bonds is 6. The van der Waals surface area contributed by atoms with Crippen LogP contribution in [0.3, 0.4) is 0 Å². The van der Waals surface area contributed by atoms with Crippen molar-refractivity contribution in [3.05, 3.63) is 0 Å². The zero-order chi connectivity index (χ0) is 13.7. The van der Waals surface area contributed by atoms with Crippen LogP contribution in [0.4, 0.5) is 0 Å². The van der Waals surface area contributed by atoms with Gasteiger partial charge < -0.3 is 5.73 Å². The Morgan fingerprint density at radius 3 is 2.37 bits per heavy atom. The lowest BCUT2D eigenvalue weighted by Crippen LogP contribution is -2.56. The second kappa shape index (κ2) is 7.05. The summed E-state index contributed by atoms with van der Waals surface area (Å²) in [5.41, 5.74) is 6.52. The lowest BCUT2D eigenvalue weighted by Gasteiger charge is -2.44. The maximum absolute atomic E-state index is 6.24. The van der Waals surface area contributed by atoms with Crippen LogP contribution in [0.2, 0.25) is 0 Å². The maximum atomic E-state index is 6.24. The Morgan fingerprint density at radius 2 is 1.74 bits per heavy atom. The third-order valence-corrected chi connectivity index (χ3v) is 5.29. The van der Waals surface area contributed by atoms with E-state index in [-0.39, 0.29) is 5.54 Å². The summed E-state index contributed by atoms with van der Waals surface area (Å²) in [6.45, 7) is 10.6. The first-order chi connectivity index (χ1) is 9.25. The fraction of sp³-hybridized carbons (Fsp3) is 1.00. The SMILES string of the molecule is CCCC(CN)(CCC)N1CCCN2CCCC2C1. The van der Waals surface area contributed by atoms with Crippen LogP contribution in [0.15, 0.2) is 0 Å². The minimum absolute atomic E-state index is 0.280. The largest absolute Gasteiger partial charge is 0.329 e. The monoisotopic (exact) mass is 267 g/mol. The van der Waals surface area contributed by atoms with Crippen molar-refractivity contribution < 1.29 is 0 Å². The molecule has 2 N–H and O–H groups in total. The number of hydrogen-bond acceptors (Lipinski definition) is 3. The molecule has 1 unspecified atom stereocenters. The van der Waals surface area contributed by atoms with Crippen molar-refractivity contribution in [2.24, 2.45) is 5.73 Å². The third-order valence-electron chi connectivity index (χ3n) is 5.29. The lowest BCUT2D eigenvalue weighted by atomic mass is 9.86. The summed E-state index contributed by atoms with van der Waals surface area (Å²) in [4.78, 5) is 5.50. The molecular weight excluding hydrogens is 234 g/mol. The van der Waals surface area contributed by atoms with Gasteiger partial charge in [0.2, 0.25) is 0 Å². The van der Waals surface area contributed by atoms with E-state index in [9.17, 15) is 0 Å². The highest BCUT2D eigenvalue weighted by molar-refractivity contribution is 4.96. The first-order valence-electron chi connectivity index (χ1n) is 8.45. The van der Waals surface area contributed by atoms with Crippen LogP contribution in [-0.4, -0.2) is 54.1 Å². The Morgan fingerprint density at radius 1 is 1.05 bits per heavy atom. The van der Waals surface area contributed by atoms with Gasteiger partial charge in [-0.1, -0.05) is 26.7 Å². The van der Waals surface area contributed by atoms with Crippen molar-refractivity contribution >= 4 is 0 Å². The number of nitrogens with two attached hydrogens (primary N) is 1. The molecule has 112 valence electrons. The second-order valence-electron chi connectivity index (χ2n) is 6.56. The Bertz CT molecular complexity index is 261. The molecule has 2 heterocycles. The van der Waals surface area contributed by atoms with Crippen molar-refractivity contribution in [2.45, 2.75) is 70.4 Å². The molecule has 0 radical (unpaired) electrons. The number of hydrogen-bond donors (Lipinski definition) is 1. The van der Waals surface area contributed by atoms with Gasteiger partial charge in [0.1, 0.15) is 0 Å². The Labute approximate surface area is 119 Å². The normalized spacial score (nSPS) is 26.4. The molecule has 0 aromatic rings. The van der Waals surface area contributed by atoms with Gasteiger partial charge >= 0.3 is 0 Å². The highest BCUT2D eigenvalue weighted by Gasteiger charge is 2.38. The first kappa shape index (κ1) is 15.3. The van der Waals surface area contributed by atoms with Crippen molar-refractivity contribution in [3.63, 3.8) is 0 Å². The van der Waals surface area contributed by atoms with Crippen LogP contribution in [0.5, 0.6) is 0 Å². The summed E-state index contributed by atoms with van der Waals surface area (Å²) in [6.07, 6.45) is 9.16. The molecule has 0 aromatic heterocycles. The smallest absolute Gasteiger partial charge is 0.0332 e. The Hall–Kier alpha value is -0.120. The van der Waals surface area contributed by atoms with Crippen molar-refractivity contribution in [2.75, 3.05) is 32.7 Å². The number of nitrogens with zero attached hydrogens (tertiary/aromatic N) is 2. The van der Waals surface area contributed by atoms with E-state index in [2.05, 4.69) is 23.6 Å². The van der Waals surface area contributed by atoms with Gasteiger partial charge in [-0.15, -0.1) is 0 Å². The lowest BCUT2D eigenvalue weighted by molar-refractivity contribution is 0.0667. The highest BCUT2D eigenvalue weighted by atomic mass is 15.3. The fourth-order valence-corrected chi connectivity index (χ4v) is 4.34. The predicted molar refractivity (Wildman–Crippen MR) is 82.4 cm³/mol. The van der Waals surface area contributed by atoms with Gasteiger partial charge in [0.05, 0.1) is 0 Å². The van der Waals surface area contributed by atoms with E-state index in [0.29, 0.717) is 0 Å². The Balaban J connectivity index is 2.10. The van der Waals surface area contributed by atoms with Gasteiger partial charge in [-0.2, -0.15) is 0 Å². The van der Waals surface area contributed by atoms with E-state index >= 15 is 0 Å². The quantitative estimate of drug-likeness (QED) is 0.802. The van der Waals surface area contributed by atoms with E-state index in [1.807, 2.05) is 0 Å². The molecule has 0 aromatic carbocycles. The zero-order valence-electron chi connectivity index (χ0n) is 13.0. The van der Waals surface area contributed by atoms with E-state index in [1.54, 1.807) is 0 Å². The molecular formula is C16H33N3. The molecule has 2 fully saturated rings. The van der Waals surface area contributed by atoms with Crippen molar-refractivity contribution in [1.29, 1.82) is 0 Å². The van der Waals surface area contributed by atoms with Crippen LogP contribution in [0, 0.1) is 0 Å². The zero-order valence-corrected chi connectivity index (χ0v) is 13.0. The molecule has 2 aliphatic heterocycles. The number of fused-ring (bicyclic) bond motifs is 1. The highest BCUT2D eigenvalue weighted by Crippen LogP contribution is 2.31.